The minimum Gasteiger partial charge on any atom is -0.496 e. The summed E-state index contributed by atoms with van der Waals surface area (Å²) in [6.45, 7) is 5.80. The Morgan fingerprint density at radius 3 is 2.69 bits per heavy atom. The van der Waals surface area contributed by atoms with E-state index >= 15 is 0 Å². The van der Waals surface area contributed by atoms with E-state index in [0.717, 1.165) is 12.0 Å². The zero-order valence-electron chi connectivity index (χ0n) is 19.1. The highest BCUT2D eigenvalue weighted by Crippen LogP contribution is 2.43. The fraction of sp³-hybridized carbons (Fsp3) is 0.565. The molecule has 3 heterocycles. The number of likely N-dealkylation sites (N-methyl/N-ethyl adjacent to an activating group) is 1. The van der Waals surface area contributed by atoms with E-state index in [-0.39, 0.29) is 41.0 Å². The highest BCUT2D eigenvalue weighted by atomic mass is 32.2. The first-order valence-corrected chi connectivity index (χ1v) is 12.6. The molecule has 1 fully saturated rings. The van der Waals surface area contributed by atoms with Gasteiger partial charge in [0.15, 0.2) is 9.84 Å². The van der Waals surface area contributed by atoms with Gasteiger partial charge in [-0.1, -0.05) is 0 Å². The molecule has 0 spiro atoms. The first-order valence-electron chi connectivity index (χ1n) is 10.7. The predicted octanol–water partition coefficient (Wildman–Crippen LogP) is 2.40. The number of ether oxygens (including phenoxy) is 2. The van der Waals surface area contributed by atoms with Crippen LogP contribution in [0, 0.1) is 6.92 Å². The van der Waals surface area contributed by atoms with Crippen molar-refractivity contribution < 1.29 is 27.1 Å². The maximum Gasteiger partial charge on any atom is 0.340 e. The Hall–Kier alpha value is -2.55. The standard InChI is InChI=1S/C23H29NO7S/c1-13-16(10-19(25)24(4)14-7-9-32(27,28)12-14)22(26)30-21-15-6-8-23(2,3)31-17(15)11-18(29-5)20(13)21/h11,14H,6-10,12H2,1-5H3/t14-/m1/s1. The summed E-state index contributed by atoms with van der Waals surface area (Å²) in [6, 6.07) is 1.44. The fourth-order valence-corrected chi connectivity index (χ4v) is 6.38. The number of hydrogen-bond donors (Lipinski definition) is 0. The van der Waals surface area contributed by atoms with Gasteiger partial charge in [0.1, 0.15) is 22.7 Å². The maximum absolute atomic E-state index is 12.9. The van der Waals surface area contributed by atoms with Crippen molar-refractivity contribution in [1.82, 2.24) is 4.90 Å². The van der Waals surface area contributed by atoms with Gasteiger partial charge in [-0.3, -0.25) is 4.79 Å². The van der Waals surface area contributed by atoms with Crippen LogP contribution >= 0.6 is 0 Å². The molecule has 32 heavy (non-hydrogen) atoms. The quantitative estimate of drug-likeness (QED) is 0.642. The number of fused-ring (bicyclic) bond motifs is 3. The third kappa shape index (κ3) is 3.98. The van der Waals surface area contributed by atoms with Gasteiger partial charge >= 0.3 is 5.63 Å². The molecule has 1 atom stereocenters. The van der Waals surface area contributed by atoms with Crippen molar-refractivity contribution in [1.29, 1.82) is 0 Å². The lowest BCUT2D eigenvalue weighted by Gasteiger charge is -2.33. The van der Waals surface area contributed by atoms with Crippen molar-refractivity contribution in [2.24, 2.45) is 0 Å². The summed E-state index contributed by atoms with van der Waals surface area (Å²) in [6.07, 6.45) is 1.72. The van der Waals surface area contributed by atoms with E-state index in [2.05, 4.69) is 0 Å². The number of rotatable bonds is 4. The molecule has 1 amide bonds. The van der Waals surface area contributed by atoms with Gasteiger partial charge in [0.25, 0.3) is 0 Å². The van der Waals surface area contributed by atoms with Crippen LogP contribution in [0.3, 0.4) is 0 Å². The Kier molecular flexibility index (Phi) is 5.51. The number of hydrogen-bond acceptors (Lipinski definition) is 7. The first kappa shape index (κ1) is 22.6. The van der Waals surface area contributed by atoms with Gasteiger partial charge in [-0.2, -0.15) is 0 Å². The molecule has 8 nitrogen and oxygen atoms in total. The summed E-state index contributed by atoms with van der Waals surface area (Å²) < 4.78 is 41.0. The number of benzene rings is 1. The van der Waals surface area contributed by atoms with Crippen molar-refractivity contribution >= 4 is 26.7 Å². The number of carbonyl (C=O) groups excluding carboxylic acids is 1. The highest BCUT2D eigenvalue weighted by Gasteiger charge is 2.34. The van der Waals surface area contributed by atoms with Crippen LogP contribution in [0.5, 0.6) is 11.5 Å². The number of carbonyl (C=O) groups is 1. The molecule has 0 bridgehead atoms. The van der Waals surface area contributed by atoms with Crippen molar-refractivity contribution in [2.45, 2.75) is 58.1 Å². The second kappa shape index (κ2) is 7.79. The van der Waals surface area contributed by atoms with E-state index in [1.807, 2.05) is 19.9 Å². The number of sulfone groups is 1. The molecule has 174 valence electrons. The second-order valence-electron chi connectivity index (χ2n) is 9.35. The Morgan fingerprint density at radius 2 is 2.06 bits per heavy atom. The van der Waals surface area contributed by atoms with Gasteiger partial charge in [0, 0.05) is 24.7 Å². The van der Waals surface area contributed by atoms with Gasteiger partial charge < -0.3 is 18.8 Å². The predicted molar refractivity (Wildman–Crippen MR) is 120 cm³/mol. The van der Waals surface area contributed by atoms with Crippen LogP contribution < -0.4 is 15.1 Å². The Balaban J connectivity index is 1.74. The average molecular weight is 464 g/mol. The molecule has 1 aromatic heterocycles. The molecule has 0 saturated carbocycles. The minimum atomic E-state index is -3.12. The number of methoxy groups -OCH3 is 1. The van der Waals surface area contributed by atoms with E-state index in [0.29, 0.717) is 40.9 Å². The summed E-state index contributed by atoms with van der Waals surface area (Å²) in [7, 11) is 0.00497. The topological polar surface area (TPSA) is 103 Å². The van der Waals surface area contributed by atoms with Crippen molar-refractivity contribution in [3.63, 3.8) is 0 Å². The molecule has 2 aromatic rings. The first-order chi connectivity index (χ1) is 14.9. The molecule has 1 saturated heterocycles. The number of amides is 1. The summed E-state index contributed by atoms with van der Waals surface area (Å²) >= 11 is 0. The van der Waals surface area contributed by atoms with Crippen LogP contribution in [0.4, 0.5) is 0 Å². The van der Waals surface area contributed by atoms with Crippen LogP contribution in [0.2, 0.25) is 0 Å². The molecule has 0 radical (unpaired) electrons. The molecule has 4 rings (SSSR count). The summed E-state index contributed by atoms with van der Waals surface area (Å²) in [4.78, 5) is 27.3. The molecular weight excluding hydrogens is 434 g/mol. The molecule has 0 N–H and O–H groups in total. The molecule has 9 heteroatoms. The van der Waals surface area contributed by atoms with Crippen LogP contribution in [-0.2, 0) is 27.5 Å². The van der Waals surface area contributed by atoms with E-state index < -0.39 is 15.5 Å². The molecule has 0 unspecified atom stereocenters. The highest BCUT2D eigenvalue weighted by molar-refractivity contribution is 7.91. The molecule has 2 aliphatic heterocycles. The van der Waals surface area contributed by atoms with Crippen LogP contribution in [0.25, 0.3) is 11.0 Å². The SMILES string of the molecule is COc1cc2c(c3oc(=O)c(CC(=O)N(C)[C@@H]4CCS(=O)(=O)C4)c(C)c13)CCC(C)(C)O2. The Labute approximate surface area is 187 Å². The largest absolute Gasteiger partial charge is 0.496 e. The maximum atomic E-state index is 12.9. The van der Waals surface area contributed by atoms with Crippen LogP contribution in [0.15, 0.2) is 15.3 Å². The zero-order valence-corrected chi connectivity index (χ0v) is 19.9. The van der Waals surface area contributed by atoms with Gasteiger partial charge in [-0.15, -0.1) is 0 Å². The summed E-state index contributed by atoms with van der Waals surface area (Å²) in [5, 5.41) is 0.656. The second-order valence-corrected chi connectivity index (χ2v) is 11.6. The lowest BCUT2D eigenvalue weighted by Crippen LogP contribution is -2.39. The summed E-state index contributed by atoms with van der Waals surface area (Å²) in [5.74, 6) is 0.870. The third-order valence-corrected chi connectivity index (χ3v) is 8.39. The Morgan fingerprint density at radius 1 is 1.34 bits per heavy atom. The smallest absolute Gasteiger partial charge is 0.340 e. The van der Waals surface area contributed by atoms with E-state index in [9.17, 15) is 18.0 Å². The average Bonchev–Trinajstić information content (AvgIpc) is 3.08. The van der Waals surface area contributed by atoms with E-state index in [1.165, 1.54) is 4.90 Å². The molecule has 0 aliphatic carbocycles. The van der Waals surface area contributed by atoms with Crippen LogP contribution in [0.1, 0.15) is 43.4 Å². The molecule has 1 aromatic carbocycles. The number of nitrogens with zero attached hydrogens (tertiary/aromatic N) is 1. The van der Waals surface area contributed by atoms with E-state index in [1.54, 1.807) is 21.1 Å². The molecule has 2 aliphatic rings. The van der Waals surface area contributed by atoms with Crippen LogP contribution in [-0.4, -0.2) is 56.5 Å². The van der Waals surface area contributed by atoms with Gasteiger partial charge in [-0.05, 0) is 45.6 Å². The van der Waals surface area contributed by atoms with Crippen molar-refractivity contribution in [3.8, 4) is 11.5 Å². The third-order valence-electron chi connectivity index (χ3n) is 6.64. The monoisotopic (exact) mass is 463 g/mol. The number of aryl methyl sites for hydroxylation is 2. The normalized spacial score (nSPS) is 21.1. The molecular formula is C23H29NO7S. The van der Waals surface area contributed by atoms with Crippen molar-refractivity contribution in [2.75, 3.05) is 25.7 Å². The Bertz CT molecular complexity index is 1260. The van der Waals surface area contributed by atoms with Gasteiger partial charge in [0.05, 0.1) is 36.0 Å². The van der Waals surface area contributed by atoms with Crippen molar-refractivity contribution in [3.05, 3.63) is 33.2 Å². The van der Waals surface area contributed by atoms with E-state index in [4.69, 9.17) is 13.9 Å². The van der Waals surface area contributed by atoms with Gasteiger partial charge in [0.2, 0.25) is 5.91 Å². The van der Waals surface area contributed by atoms with Gasteiger partial charge in [-0.25, -0.2) is 13.2 Å². The zero-order chi connectivity index (χ0) is 23.4. The lowest BCUT2D eigenvalue weighted by molar-refractivity contribution is -0.130. The fourth-order valence-electron chi connectivity index (χ4n) is 4.61. The lowest BCUT2D eigenvalue weighted by atomic mass is 9.91. The summed E-state index contributed by atoms with van der Waals surface area (Å²) in [5.41, 5.74) is 1.24. The minimum absolute atomic E-state index is 0.0448.